The Kier molecular flexibility index (Phi) is 4.94. The van der Waals surface area contributed by atoms with Crippen LogP contribution in [0.4, 0.5) is 0 Å². The Morgan fingerprint density at radius 3 is 2.93 bits per heavy atom. The molecule has 2 nitrogen and oxygen atoms in total. The predicted octanol–water partition coefficient (Wildman–Crippen LogP) is 1.82. The number of halogens is 1. The monoisotopic (exact) mass is 212 g/mol. The van der Waals surface area contributed by atoms with E-state index in [1.54, 1.807) is 0 Å². The largest absolute Gasteiger partial charge is 0.329 e. The fraction of sp³-hybridized carbons (Fsp3) is 0.455. The zero-order valence-corrected chi connectivity index (χ0v) is 9.22. The van der Waals surface area contributed by atoms with E-state index >= 15 is 0 Å². The minimum absolute atomic E-state index is 0.442. The minimum atomic E-state index is 0.442. The van der Waals surface area contributed by atoms with Gasteiger partial charge in [-0.2, -0.15) is 0 Å². The van der Waals surface area contributed by atoms with E-state index in [-0.39, 0.29) is 0 Å². The number of nitrogens with one attached hydrogen (secondary N) is 1. The summed E-state index contributed by atoms with van der Waals surface area (Å²) in [6.45, 7) is 3.69. The first-order valence-electron chi connectivity index (χ1n) is 4.90. The van der Waals surface area contributed by atoms with Gasteiger partial charge in [0, 0.05) is 24.2 Å². The molecule has 0 radical (unpaired) electrons. The second-order valence-corrected chi connectivity index (χ2v) is 3.91. The molecule has 0 bridgehead atoms. The molecule has 3 N–H and O–H groups in total. The molecule has 0 saturated heterocycles. The second kappa shape index (κ2) is 6.02. The minimum Gasteiger partial charge on any atom is -0.329 e. The fourth-order valence-electron chi connectivity index (χ4n) is 1.42. The van der Waals surface area contributed by atoms with Crippen molar-refractivity contribution in [1.82, 2.24) is 5.32 Å². The summed E-state index contributed by atoms with van der Waals surface area (Å²) in [5, 5.41) is 4.13. The van der Waals surface area contributed by atoms with Crippen molar-refractivity contribution >= 4 is 11.6 Å². The molecule has 1 rings (SSSR count). The maximum Gasteiger partial charge on any atom is 0.0408 e. The second-order valence-electron chi connectivity index (χ2n) is 3.48. The number of nitrogens with two attached hydrogens (primary N) is 1. The van der Waals surface area contributed by atoms with Gasteiger partial charge in [-0.25, -0.2) is 0 Å². The van der Waals surface area contributed by atoms with Crippen LogP contribution in [0.25, 0.3) is 0 Å². The van der Waals surface area contributed by atoms with Crippen molar-refractivity contribution in [2.24, 2.45) is 5.73 Å². The van der Waals surface area contributed by atoms with Gasteiger partial charge in [-0.3, -0.25) is 0 Å². The van der Waals surface area contributed by atoms with Gasteiger partial charge in [-0.05, 0) is 31.0 Å². The van der Waals surface area contributed by atoms with Gasteiger partial charge in [0.25, 0.3) is 0 Å². The van der Waals surface area contributed by atoms with E-state index in [4.69, 9.17) is 17.3 Å². The third-order valence-electron chi connectivity index (χ3n) is 2.07. The van der Waals surface area contributed by atoms with E-state index in [0.717, 1.165) is 18.0 Å². The number of hydrogen-bond donors (Lipinski definition) is 2. The van der Waals surface area contributed by atoms with Crippen LogP contribution in [-0.4, -0.2) is 19.1 Å². The average Bonchev–Trinajstić information content (AvgIpc) is 2.15. The molecular formula is C11H17ClN2. The van der Waals surface area contributed by atoms with Gasteiger partial charge in [0.05, 0.1) is 0 Å². The topological polar surface area (TPSA) is 38.0 Å². The highest BCUT2D eigenvalue weighted by Gasteiger charge is 2.02. The highest BCUT2D eigenvalue weighted by Crippen LogP contribution is 2.11. The Morgan fingerprint density at radius 2 is 2.29 bits per heavy atom. The molecule has 3 heteroatoms. The van der Waals surface area contributed by atoms with Crippen LogP contribution >= 0.6 is 11.6 Å². The van der Waals surface area contributed by atoms with Crippen LogP contribution in [0.2, 0.25) is 5.02 Å². The fourth-order valence-corrected chi connectivity index (χ4v) is 1.63. The lowest BCUT2D eigenvalue weighted by molar-refractivity contribution is 0.553. The van der Waals surface area contributed by atoms with Crippen molar-refractivity contribution in [2.45, 2.75) is 19.4 Å². The Balaban J connectivity index is 2.43. The van der Waals surface area contributed by atoms with Crippen LogP contribution in [0.3, 0.4) is 0 Å². The summed E-state index contributed by atoms with van der Waals surface area (Å²) in [5.74, 6) is 0. The molecule has 78 valence electrons. The summed E-state index contributed by atoms with van der Waals surface area (Å²) < 4.78 is 0. The molecule has 0 spiro atoms. The van der Waals surface area contributed by atoms with E-state index in [0.29, 0.717) is 12.6 Å². The Morgan fingerprint density at radius 1 is 1.50 bits per heavy atom. The molecule has 0 aliphatic rings. The number of benzene rings is 1. The first kappa shape index (κ1) is 11.5. The van der Waals surface area contributed by atoms with Crippen LogP contribution in [0.5, 0.6) is 0 Å². The molecule has 0 fully saturated rings. The number of hydrogen-bond acceptors (Lipinski definition) is 2. The van der Waals surface area contributed by atoms with E-state index in [2.05, 4.69) is 18.3 Å². The number of rotatable bonds is 5. The first-order valence-corrected chi connectivity index (χ1v) is 5.28. The van der Waals surface area contributed by atoms with Crippen LogP contribution in [0.1, 0.15) is 12.5 Å². The van der Waals surface area contributed by atoms with Crippen molar-refractivity contribution in [3.05, 3.63) is 34.9 Å². The standard InChI is InChI=1S/C11H17ClN2/c1-9(14-6-5-13)7-10-3-2-4-11(12)8-10/h2-4,8-9,14H,5-7,13H2,1H3. The molecule has 0 saturated carbocycles. The lowest BCUT2D eigenvalue weighted by Crippen LogP contribution is -2.32. The van der Waals surface area contributed by atoms with E-state index < -0.39 is 0 Å². The quantitative estimate of drug-likeness (QED) is 0.782. The Labute approximate surface area is 90.4 Å². The smallest absolute Gasteiger partial charge is 0.0408 e. The van der Waals surface area contributed by atoms with Gasteiger partial charge >= 0.3 is 0 Å². The van der Waals surface area contributed by atoms with Crippen LogP contribution in [0, 0.1) is 0 Å². The lowest BCUT2D eigenvalue weighted by Gasteiger charge is -2.12. The van der Waals surface area contributed by atoms with Crippen molar-refractivity contribution in [3.8, 4) is 0 Å². The molecule has 1 atom stereocenters. The Hall–Kier alpha value is -0.570. The Bertz CT molecular complexity index is 276. The van der Waals surface area contributed by atoms with E-state index in [1.807, 2.05) is 18.2 Å². The highest BCUT2D eigenvalue weighted by atomic mass is 35.5. The maximum atomic E-state index is 5.89. The third kappa shape index (κ3) is 4.09. The molecule has 1 aromatic carbocycles. The van der Waals surface area contributed by atoms with Crippen LogP contribution < -0.4 is 11.1 Å². The molecule has 0 heterocycles. The molecule has 1 aromatic rings. The first-order chi connectivity index (χ1) is 6.72. The summed E-state index contributed by atoms with van der Waals surface area (Å²) in [6, 6.07) is 8.41. The van der Waals surface area contributed by atoms with Gasteiger partial charge in [0.1, 0.15) is 0 Å². The maximum absolute atomic E-state index is 5.89. The molecule has 0 aliphatic carbocycles. The van der Waals surface area contributed by atoms with Gasteiger partial charge in [0.2, 0.25) is 0 Å². The van der Waals surface area contributed by atoms with E-state index in [1.165, 1.54) is 5.56 Å². The lowest BCUT2D eigenvalue weighted by atomic mass is 10.1. The predicted molar refractivity (Wildman–Crippen MR) is 61.7 cm³/mol. The molecular weight excluding hydrogens is 196 g/mol. The third-order valence-corrected chi connectivity index (χ3v) is 2.30. The van der Waals surface area contributed by atoms with Gasteiger partial charge < -0.3 is 11.1 Å². The summed E-state index contributed by atoms with van der Waals surface area (Å²) in [5.41, 5.74) is 6.67. The molecule has 14 heavy (non-hydrogen) atoms. The van der Waals surface area contributed by atoms with Crippen molar-refractivity contribution in [2.75, 3.05) is 13.1 Å². The summed E-state index contributed by atoms with van der Waals surface area (Å²) in [7, 11) is 0. The van der Waals surface area contributed by atoms with Crippen LogP contribution in [-0.2, 0) is 6.42 Å². The molecule has 1 unspecified atom stereocenters. The van der Waals surface area contributed by atoms with Gasteiger partial charge in [-0.15, -0.1) is 0 Å². The van der Waals surface area contributed by atoms with Crippen LogP contribution in [0.15, 0.2) is 24.3 Å². The highest BCUT2D eigenvalue weighted by molar-refractivity contribution is 6.30. The summed E-state index contributed by atoms with van der Waals surface area (Å²) in [6.07, 6.45) is 0.987. The molecule has 0 aliphatic heterocycles. The average molecular weight is 213 g/mol. The zero-order valence-electron chi connectivity index (χ0n) is 8.46. The molecule has 0 aromatic heterocycles. The molecule has 0 amide bonds. The van der Waals surface area contributed by atoms with Crippen molar-refractivity contribution in [3.63, 3.8) is 0 Å². The van der Waals surface area contributed by atoms with Crippen molar-refractivity contribution in [1.29, 1.82) is 0 Å². The zero-order chi connectivity index (χ0) is 10.4. The van der Waals surface area contributed by atoms with Gasteiger partial charge in [0.15, 0.2) is 0 Å². The van der Waals surface area contributed by atoms with Crippen molar-refractivity contribution < 1.29 is 0 Å². The van der Waals surface area contributed by atoms with E-state index in [9.17, 15) is 0 Å². The SMILES string of the molecule is CC(Cc1cccc(Cl)c1)NCCN. The summed E-state index contributed by atoms with van der Waals surface area (Å²) in [4.78, 5) is 0. The normalized spacial score (nSPS) is 12.8. The van der Waals surface area contributed by atoms with Gasteiger partial charge in [-0.1, -0.05) is 23.7 Å². The summed E-state index contributed by atoms with van der Waals surface area (Å²) >= 11 is 5.89.